The van der Waals surface area contributed by atoms with Gasteiger partial charge in [-0.1, -0.05) is 17.3 Å². The first-order valence-electron chi connectivity index (χ1n) is 5.18. The van der Waals surface area contributed by atoms with Gasteiger partial charge < -0.3 is 4.52 Å². The second kappa shape index (κ2) is 4.87. The molecule has 0 fully saturated rings. The van der Waals surface area contributed by atoms with Crippen LogP contribution in [0.4, 0.5) is 0 Å². The quantitative estimate of drug-likeness (QED) is 0.782. The standard InChI is InChI=1S/C11H12N2O4S/c1-8-12-11(17-13-8)10-5-3-9(4-6-10)7-16-18(2,14)15/h3-6H,7H2,1-2H3. The number of nitrogens with zero attached hydrogens (tertiary/aromatic N) is 2. The van der Waals surface area contributed by atoms with Crippen molar-refractivity contribution in [1.82, 2.24) is 10.1 Å². The van der Waals surface area contributed by atoms with Crippen molar-refractivity contribution in [3.63, 3.8) is 0 Å². The molecule has 1 aromatic carbocycles. The lowest BCUT2D eigenvalue weighted by Gasteiger charge is -2.02. The number of benzene rings is 1. The molecule has 0 aliphatic rings. The zero-order chi connectivity index (χ0) is 13.2. The molecule has 0 spiro atoms. The molecule has 7 heteroatoms. The molecule has 0 saturated heterocycles. The van der Waals surface area contributed by atoms with E-state index in [9.17, 15) is 8.42 Å². The molecule has 0 aliphatic carbocycles. The SMILES string of the molecule is Cc1noc(-c2ccc(COS(C)(=O)=O)cc2)n1. The second-order valence-corrected chi connectivity index (χ2v) is 5.45. The van der Waals surface area contributed by atoms with Crippen molar-refractivity contribution in [2.75, 3.05) is 6.26 Å². The minimum atomic E-state index is -3.42. The van der Waals surface area contributed by atoms with Crippen LogP contribution >= 0.6 is 0 Å². The summed E-state index contributed by atoms with van der Waals surface area (Å²) in [5.41, 5.74) is 1.53. The Morgan fingerprint density at radius 3 is 2.44 bits per heavy atom. The molecule has 0 saturated carbocycles. The molecule has 0 N–H and O–H groups in total. The Bertz CT molecular complexity index is 631. The van der Waals surface area contributed by atoms with Crippen LogP contribution in [0.25, 0.3) is 11.5 Å². The molecule has 0 atom stereocenters. The van der Waals surface area contributed by atoms with Gasteiger partial charge in [0.05, 0.1) is 12.9 Å². The number of hydrogen-bond acceptors (Lipinski definition) is 6. The Morgan fingerprint density at radius 2 is 1.94 bits per heavy atom. The maximum Gasteiger partial charge on any atom is 0.264 e. The molecule has 2 rings (SSSR count). The Hall–Kier alpha value is -1.73. The highest BCUT2D eigenvalue weighted by molar-refractivity contribution is 7.85. The summed E-state index contributed by atoms with van der Waals surface area (Å²) in [7, 11) is -3.42. The van der Waals surface area contributed by atoms with E-state index in [-0.39, 0.29) is 6.61 Å². The van der Waals surface area contributed by atoms with E-state index >= 15 is 0 Å². The van der Waals surface area contributed by atoms with E-state index < -0.39 is 10.1 Å². The van der Waals surface area contributed by atoms with E-state index in [1.165, 1.54) is 0 Å². The first-order chi connectivity index (χ1) is 8.44. The summed E-state index contributed by atoms with van der Waals surface area (Å²) in [5, 5.41) is 3.69. The third kappa shape index (κ3) is 3.38. The highest BCUT2D eigenvalue weighted by atomic mass is 32.2. The van der Waals surface area contributed by atoms with Gasteiger partial charge in [0.2, 0.25) is 0 Å². The fourth-order valence-corrected chi connectivity index (χ4v) is 1.68. The van der Waals surface area contributed by atoms with Crippen LogP contribution in [0.1, 0.15) is 11.4 Å². The molecule has 0 radical (unpaired) electrons. The van der Waals surface area contributed by atoms with Crippen molar-refractivity contribution in [2.45, 2.75) is 13.5 Å². The van der Waals surface area contributed by atoms with Gasteiger partial charge in [-0.05, 0) is 24.6 Å². The van der Waals surface area contributed by atoms with Crippen molar-refractivity contribution in [1.29, 1.82) is 0 Å². The molecule has 6 nitrogen and oxygen atoms in total. The van der Waals surface area contributed by atoms with Gasteiger partial charge in [0.15, 0.2) is 5.82 Å². The summed E-state index contributed by atoms with van der Waals surface area (Å²) in [6.07, 6.45) is 1.02. The Morgan fingerprint density at radius 1 is 1.28 bits per heavy atom. The summed E-state index contributed by atoms with van der Waals surface area (Å²) >= 11 is 0. The lowest BCUT2D eigenvalue weighted by molar-refractivity contribution is 0.311. The van der Waals surface area contributed by atoms with Crippen molar-refractivity contribution in [3.05, 3.63) is 35.7 Å². The van der Waals surface area contributed by atoms with E-state index in [4.69, 9.17) is 4.52 Å². The van der Waals surface area contributed by atoms with E-state index in [2.05, 4.69) is 14.3 Å². The maximum absolute atomic E-state index is 10.8. The minimum absolute atomic E-state index is 0.0158. The fourth-order valence-electron chi connectivity index (χ4n) is 1.33. The molecule has 1 aromatic heterocycles. The minimum Gasteiger partial charge on any atom is -0.334 e. The van der Waals surface area contributed by atoms with Crippen LogP contribution in [0, 0.1) is 6.92 Å². The molecule has 0 aliphatic heterocycles. The predicted octanol–water partition coefficient (Wildman–Crippen LogP) is 1.52. The van der Waals surface area contributed by atoms with Gasteiger partial charge in [0, 0.05) is 5.56 Å². The van der Waals surface area contributed by atoms with Crippen LogP contribution in [0.3, 0.4) is 0 Å². The van der Waals surface area contributed by atoms with Gasteiger partial charge in [0.1, 0.15) is 0 Å². The molecule has 0 unspecified atom stereocenters. The molecule has 2 aromatic rings. The van der Waals surface area contributed by atoms with Gasteiger partial charge in [-0.25, -0.2) is 0 Å². The zero-order valence-electron chi connectivity index (χ0n) is 9.95. The molecule has 18 heavy (non-hydrogen) atoms. The first-order valence-corrected chi connectivity index (χ1v) is 7.00. The summed E-state index contributed by atoms with van der Waals surface area (Å²) in [6, 6.07) is 7.04. The van der Waals surface area contributed by atoms with Crippen molar-refractivity contribution in [3.8, 4) is 11.5 Å². The smallest absolute Gasteiger partial charge is 0.264 e. The average molecular weight is 268 g/mol. The summed E-state index contributed by atoms with van der Waals surface area (Å²) in [5.74, 6) is 0.998. The third-order valence-corrected chi connectivity index (χ3v) is 2.71. The number of hydrogen-bond donors (Lipinski definition) is 0. The summed E-state index contributed by atoms with van der Waals surface area (Å²) in [6.45, 7) is 1.75. The van der Waals surface area contributed by atoms with Crippen molar-refractivity contribution >= 4 is 10.1 Å². The Kier molecular flexibility index (Phi) is 3.44. The monoisotopic (exact) mass is 268 g/mol. The summed E-state index contributed by atoms with van der Waals surface area (Å²) in [4.78, 5) is 4.09. The molecular formula is C11H12N2O4S. The Balaban J connectivity index is 2.10. The van der Waals surface area contributed by atoms with Crippen LogP contribution in [-0.4, -0.2) is 24.8 Å². The largest absolute Gasteiger partial charge is 0.334 e. The first kappa shape index (κ1) is 12.7. The maximum atomic E-state index is 10.8. The predicted molar refractivity (Wildman–Crippen MR) is 64.1 cm³/mol. The van der Waals surface area contributed by atoms with Crippen molar-refractivity contribution < 1.29 is 17.1 Å². The van der Waals surface area contributed by atoms with Crippen LogP contribution < -0.4 is 0 Å². The van der Waals surface area contributed by atoms with Crippen LogP contribution in [0.2, 0.25) is 0 Å². The number of aryl methyl sites for hydroxylation is 1. The molecule has 0 amide bonds. The van der Waals surface area contributed by atoms with Crippen LogP contribution in [0.5, 0.6) is 0 Å². The normalized spacial score (nSPS) is 11.7. The highest BCUT2D eigenvalue weighted by Gasteiger charge is 2.07. The van der Waals surface area contributed by atoms with Gasteiger partial charge in [0.25, 0.3) is 16.0 Å². The fraction of sp³-hybridized carbons (Fsp3) is 0.273. The molecular weight excluding hydrogens is 256 g/mol. The topological polar surface area (TPSA) is 82.3 Å². The van der Waals surface area contributed by atoms with E-state index in [0.29, 0.717) is 11.7 Å². The highest BCUT2D eigenvalue weighted by Crippen LogP contribution is 2.18. The van der Waals surface area contributed by atoms with Crippen LogP contribution in [0.15, 0.2) is 28.8 Å². The van der Waals surface area contributed by atoms with Gasteiger partial charge in [-0.15, -0.1) is 0 Å². The average Bonchev–Trinajstić information content (AvgIpc) is 2.73. The Labute approximate surface area is 105 Å². The molecule has 0 bridgehead atoms. The van der Waals surface area contributed by atoms with E-state index in [0.717, 1.165) is 17.4 Å². The number of rotatable bonds is 4. The molecule has 1 heterocycles. The lowest BCUT2D eigenvalue weighted by Crippen LogP contribution is -2.02. The second-order valence-electron chi connectivity index (χ2n) is 3.81. The summed E-state index contributed by atoms with van der Waals surface area (Å²) < 4.78 is 31.4. The van der Waals surface area contributed by atoms with Gasteiger partial charge in [-0.2, -0.15) is 13.4 Å². The lowest BCUT2D eigenvalue weighted by atomic mass is 10.1. The number of aromatic nitrogens is 2. The third-order valence-electron chi connectivity index (χ3n) is 2.17. The van der Waals surface area contributed by atoms with Crippen LogP contribution in [-0.2, 0) is 20.9 Å². The molecule has 96 valence electrons. The van der Waals surface area contributed by atoms with E-state index in [1.807, 2.05) is 0 Å². The van der Waals surface area contributed by atoms with Gasteiger partial charge in [-0.3, -0.25) is 4.18 Å². The van der Waals surface area contributed by atoms with E-state index in [1.54, 1.807) is 31.2 Å². The van der Waals surface area contributed by atoms with Crippen molar-refractivity contribution in [2.24, 2.45) is 0 Å². The van der Waals surface area contributed by atoms with Gasteiger partial charge >= 0.3 is 0 Å². The zero-order valence-corrected chi connectivity index (χ0v) is 10.8.